The number of hydrogen-bond acceptors (Lipinski definition) is 4. The van der Waals surface area contributed by atoms with Crippen LogP contribution in [0.5, 0.6) is 0 Å². The van der Waals surface area contributed by atoms with Crippen molar-refractivity contribution in [2.24, 2.45) is 0 Å². The third kappa shape index (κ3) is 3.77. The van der Waals surface area contributed by atoms with Gasteiger partial charge in [-0.2, -0.15) is 0 Å². The second-order valence-electron chi connectivity index (χ2n) is 5.73. The first kappa shape index (κ1) is 16.3. The Hall–Kier alpha value is -1.07. The molecular formula is C16H26N2O2S. The van der Waals surface area contributed by atoms with Gasteiger partial charge >= 0.3 is 0 Å². The van der Waals surface area contributed by atoms with E-state index in [1.165, 1.54) is 11.3 Å². The molecule has 5 heteroatoms. The van der Waals surface area contributed by atoms with E-state index in [1.54, 1.807) is 0 Å². The fourth-order valence-electron chi connectivity index (χ4n) is 3.12. The Balaban J connectivity index is 2.32. The summed E-state index contributed by atoms with van der Waals surface area (Å²) in [6.45, 7) is 7.80. The van der Waals surface area contributed by atoms with Crippen molar-refractivity contribution in [3.05, 3.63) is 29.8 Å². The molecule has 2 rings (SSSR count). The Morgan fingerprint density at radius 1 is 1.33 bits per heavy atom. The molecular weight excluding hydrogens is 284 g/mol. The fraction of sp³-hybridized carbons (Fsp3) is 0.625. The number of sulfone groups is 1. The molecule has 2 atom stereocenters. The van der Waals surface area contributed by atoms with Crippen molar-refractivity contribution in [2.45, 2.75) is 39.3 Å². The van der Waals surface area contributed by atoms with Gasteiger partial charge in [-0.25, -0.2) is 8.42 Å². The highest BCUT2D eigenvalue weighted by Crippen LogP contribution is 2.31. The summed E-state index contributed by atoms with van der Waals surface area (Å²) in [6.07, 6.45) is 1.02. The minimum absolute atomic E-state index is 0.0315. The van der Waals surface area contributed by atoms with E-state index in [-0.39, 0.29) is 17.5 Å². The highest BCUT2D eigenvalue weighted by molar-refractivity contribution is 7.91. The second kappa shape index (κ2) is 6.79. The van der Waals surface area contributed by atoms with Crippen LogP contribution < -0.4 is 10.2 Å². The van der Waals surface area contributed by atoms with Gasteiger partial charge in [0.1, 0.15) is 0 Å². The van der Waals surface area contributed by atoms with E-state index < -0.39 is 9.84 Å². The Kier molecular flexibility index (Phi) is 5.27. The molecule has 1 saturated heterocycles. The molecule has 1 aromatic rings. The zero-order valence-corrected chi connectivity index (χ0v) is 14.0. The molecule has 1 heterocycles. The number of hydrogen-bond donors (Lipinski definition) is 1. The molecule has 1 aromatic carbocycles. The molecule has 1 N–H and O–H groups in total. The van der Waals surface area contributed by atoms with E-state index in [0.717, 1.165) is 13.0 Å². The van der Waals surface area contributed by atoms with Crippen LogP contribution in [0.2, 0.25) is 0 Å². The molecule has 1 aliphatic rings. The zero-order chi connectivity index (χ0) is 15.5. The van der Waals surface area contributed by atoms with E-state index in [9.17, 15) is 8.42 Å². The lowest BCUT2D eigenvalue weighted by atomic mass is 10.0. The number of benzene rings is 1. The van der Waals surface area contributed by atoms with Crippen LogP contribution in [0.4, 0.5) is 5.69 Å². The summed E-state index contributed by atoms with van der Waals surface area (Å²) in [5, 5.41) is 3.51. The van der Waals surface area contributed by atoms with Gasteiger partial charge in [-0.05, 0) is 31.5 Å². The van der Waals surface area contributed by atoms with Gasteiger partial charge in [0, 0.05) is 24.3 Å². The molecule has 1 fully saturated rings. The van der Waals surface area contributed by atoms with Crippen LogP contribution in [0.3, 0.4) is 0 Å². The average Bonchev–Trinajstić information content (AvgIpc) is 2.44. The standard InChI is InChI=1S/C16H26N2O2S/c1-4-15(17-5-2)14-8-6-7-9-16(14)18-10-11-21(19,20)12-13(18)3/h6-9,13,15,17H,4-5,10-12H2,1-3H3. The molecule has 0 saturated carbocycles. The third-order valence-corrected chi connectivity index (χ3v) is 5.95. The third-order valence-electron chi connectivity index (χ3n) is 4.15. The van der Waals surface area contributed by atoms with Crippen LogP contribution in [0, 0.1) is 0 Å². The topological polar surface area (TPSA) is 49.4 Å². The lowest BCUT2D eigenvalue weighted by Gasteiger charge is -2.37. The summed E-state index contributed by atoms with van der Waals surface area (Å²) in [7, 11) is -2.88. The first-order valence-corrected chi connectivity index (χ1v) is 9.60. The van der Waals surface area contributed by atoms with Gasteiger partial charge in [0.05, 0.1) is 11.5 Å². The van der Waals surface area contributed by atoms with Crippen LogP contribution in [0.15, 0.2) is 24.3 Å². The van der Waals surface area contributed by atoms with E-state index in [2.05, 4.69) is 42.3 Å². The summed E-state index contributed by atoms with van der Waals surface area (Å²) < 4.78 is 23.6. The average molecular weight is 310 g/mol. The lowest BCUT2D eigenvalue weighted by molar-refractivity contribution is 0.531. The number of nitrogens with one attached hydrogen (secondary N) is 1. The quantitative estimate of drug-likeness (QED) is 0.907. The minimum atomic E-state index is -2.88. The van der Waals surface area contributed by atoms with Crippen molar-refractivity contribution in [2.75, 3.05) is 29.5 Å². The monoisotopic (exact) mass is 310 g/mol. The van der Waals surface area contributed by atoms with Crippen molar-refractivity contribution in [1.82, 2.24) is 5.32 Å². The van der Waals surface area contributed by atoms with Crippen LogP contribution in [-0.2, 0) is 9.84 Å². The summed E-state index contributed by atoms with van der Waals surface area (Å²) in [5.41, 5.74) is 2.45. The maximum absolute atomic E-state index is 11.8. The van der Waals surface area contributed by atoms with Crippen molar-refractivity contribution in [1.29, 1.82) is 0 Å². The van der Waals surface area contributed by atoms with Gasteiger partial charge in [0.25, 0.3) is 0 Å². The molecule has 1 aliphatic heterocycles. The minimum Gasteiger partial charge on any atom is -0.367 e. The Morgan fingerprint density at radius 2 is 2.05 bits per heavy atom. The van der Waals surface area contributed by atoms with Crippen molar-refractivity contribution in [3.63, 3.8) is 0 Å². The summed E-state index contributed by atoms with van der Waals surface area (Å²) in [6, 6.07) is 8.71. The predicted molar refractivity (Wildman–Crippen MR) is 88.6 cm³/mol. The van der Waals surface area contributed by atoms with E-state index in [1.807, 2.05) is 13.0 Å². The molecule has 2 unspecified atom stereocenters. The van der Waals surface area contributed by atoms with Gasteiger partial charge in [-0.15, -0.1) is 0 Å². The van der Waals surface area contributed by atoms with Crippen LogP contribution in [-0.4, -0.2) is 39.1 Å². The van der Waals surface area contributed by atoms with E-state index in [4.69, 9.17) is 0 Å². The molecule has 21 heavy (non-hydrogen) atoms. The summed E-state index contributed by atoms with van der Waals surface area (Å²) in [5.74, 6) is 0.503. The highest BCUT2D eigenvalue weighted by Gasteiger charge is 2.30. The van der Waals surface area contributed by atoms with Gasteiger partial charge in [-0.1, -0.05) is 32.0 Å². The first-order chi connectivity index (χ1) is 9.98. The first-order valence-electron chi connectivity index (χ1n) is 7.78. The van der Waals surface area contributed by atoms with Crippen LogP contribution in [0.25, 0.3) is 0 Å². The van der Waals surface area contributed by atoms with Crippen molar-refractivity contribution >= 4 is 15.5 Å². The molecule has 0 radical (unpaired) electrons. The van der Waals surface area contributed by atoms with Gasteiger partial charge in [-0.3, -0.25) is 0 Å². The number of rotatable bonds is 5. The van der Waals surface area contributed by atoms with Crippen LogP contribution in [0.1, 0.15) is 38.8 Å². The molecule has 118 valence electrons. The smallest absolute Gasteiger partial charge is 0.154 e. The number of nitrogens with zero attached hydrogens (tertiary/aromatic N) is 1. The maximum Gasteiger partial charge on any atom is 0.154 e. The lowest BCUT2D eigenvalue weighted by Crippen LogP contribution is -2.47. The van der Waals surface area contributed by atoms with Gasteiger partial charge < -0.3 is 10.2 Å². The second-order valence-corrected chi connectivity index (χ2v) is 7.96. The Bertz CT molecular complexity index is 571. The van der Waals surface area contributed by atoms with Gasteiger partial charge in [0.15, 0.2) is 9.84 Å². The highest BCUT2D eigenvalue weighted by atomic mass is 32.2. The van der Waals surface area contributed by atoms with E-state index in [0.29, 0.717) is 12.6 Å². The Morgan fingerprint density at radius 3 is 2.67 bits per heavy atom. The fourth-order valence-corrected chi connectivity index (χ4v) is 4.68. The van der Waals surface area contributed by atoms with E-state index >= 15 is 0 Å². The molecule has 0 aromatic heterocycles. The maximum atomic E-state index is 11.8. The summed E-state index contributed by atoms with van der Waals surface area (Å²) >= 11 is 0. The van der Waals surface area contributed by atoms with Crippen molar-refractivity contribution < 1.29 is 8.42 Å². The molecule has 0 bridgehead atoms. The molecule has 4 nitrogen and oxygen atoms in total. The predicted octanol–water partition coefficient (Wildman–Crippen LogP) is 2.37. The molecule has 0 amide bonds. The number of para-hydroxylation sites is 1. The largest absolute Gasteiger partial charge is 0.367 e. The zero-order valence-electron chi connectivity index (χ0n) is 13.2. The SMILES string of the molecule is CCNC(CC)c1ccccc1N1CCS(=O)(=O)CC1C. The Labute approximate surface area is 128 Å². The summed E-state index contributed by atoms with van der Waals surface area (Å²) in [4.78, 5) is 2.25. The molecule has 0 aliphatic carbocycles. The number of anilines is 1. The van der Waals surface area contributed by atoms with Crippen molar-refractivity contribution in [3.8, 4) is 0 Å². The van der Waals surface area contributed by atoms with Gasteiger partial charge in [0.2, 0.25) is 0 Å². The molecule has 0 spiro atoms. The normalized spacial score (nSPS) is 23.0. The van der Waals surface area contributed by atoms with Crippen LogP contribution >= 0.6 is 0 Å².